The summed E-state index contributed by atoms with van der Waals surface area (Å²) < 4.78 is 17.8. The molecule has 4 heterocycles. The van der Waals surface area contributed by atoms with E-state index >= 15 is 0 Å². The third-order valence-electron chi connectivity index (χ3n) is 5.59. The molecule has 0 saturated carbocycles. The van der Waals surface area contributed by atoms with Gasteiger partial charge in [-0.1, -0.05) is 0 Å². The molecule has 0 N–H and O–H groups in total. The fraction of sp³-hybridized carbons (Fsp3) is 0.737. The van der Waals surface area contributed by atoms with Gasteiger partial charge in [-0.05, 0) is 50.3 Å². The zero-order chi connectivity index (χ0) is 16.2. The lowest BCUT2D eigenvalue weighted by Gasteiger charge is -2.41. The van der Waals surface area contributed by atoms with Crippen LogP contribution in [-0.4, -0.2) is 61.0 Å². The summed E-state index contributed by atoms with van der Waals surface area (Å²) in [5.74, 6) is 1.63. The van der Waals surface area contributed by atoms with Gasteiger partial charge in [0.15, 0.2) is 0 Å². The minimum atomic E-state index is -0.00368. The van der Waals surface area contributed by atoms with Crippen molar-refractivity contribution in [3.05, 3.63) is 24.5 Å². The lowest BCUT2D eigenvalue weighted by molar-refractivity contribution is -0.0584. The number of ether oxygens (including phenoxy) is 3. The van der Waals surface area contributed by atoms with Crippen molar-refractivity contribution in [2.45, 2.75) is 43.8 Å². The Kier molecular flexibility index (Phi) is 5.01. The second-order valence-electron chi connectivity index (χ2n) is 7.52. The van der Waals surface area contributed by atoms with Crippen molar-refractivity contribution in [2.24, 2.45) is 5.92 Å². The maximum atomic E-state index is 6.27. The van der Waals surface area contributed by atoms with E-state index in [1.54, 1.807) is 12.4 Å². The Labute approximate surface area is 144 Å². The monoisotopic (exact) mass is 332 g/mol. The lowest BCUT2D eigenvalue weighted by Crippen LogP contribution is -2.49. The fourth-order valence-corrected chi connectivity index (χ4v) is 4.41. The summed E-state index contributed by atoms with van der Waals surface area (Å²) in [6.45, 7) is 6.01. The van der Waals surface area contributed by atoms with Crippen molar-refractivity contribution in [3.63, 3.8) is 0 Å². The molecular weight excluding hydrogens is 304 g/mol. The van der Waals surface area contributed by atoms with Crippen LogP contribution >= 0.6 is 0 Å². The largest absolute Gasteiger partial charge is 0.486 e. The van der Waals surface area contributed by atoms with Gasteiger partial charge >= 0.3 is 0 Å². The molecule has 3 aliphatic rings. The zero-order valence-corrected chi connectivity index (χ0v) is 14.4. The van der Waals surface area contributed by atoms with E-state index in [0.717, 1.165) is 44.3 Å². The van der Waals surface area contributed by atoms with Crippen LogP contribution in [0.25, 0.3) is 0 Å². The van der Waals surface area contributed by atoms with Crippen LogP contribution in [-0.2, 0) is 9.47 Å². The topological polar surface area (TPSA) is 43.8 Å². The number of pyridine rings is 1. The van der Waals surface area contributed by atoms with E-state index in [-0.39, 0.29) is 11.7 Å². The molecule has 2 atom stereocenters. The highest BCUT2D eigenvalue weighted by molar-refractivity contribution is 5.16. The second-order valence-corrected chi connectivity index (χ2v) is 7.52. The quantitative estimate of drug-likeness (QED) is 0.848. The summed E-state index contributed by atoms with van der Waals surface area (Å²) >= 11 is 0. The second kappa shape index (κ2) is 7.38. The van der Waals surface area contributed by atoms with Gasteiger partial charge in [0, 0.05) is 38.9 Å². The van der Waals surface area contributed by atoms with Gasteiger partial charge in [-0.2, -0.15) is 0 Å². The van der Waals surface area contributed by atoms with E-state index < -0.39 is 0 Å². The summed E-state index contributed by atoms with van der Waals surface area (Å²) in [6, 6.07) is 3.88. The molecule has 1 spiro atoms. The third kappa shape index (κ3) is 3.90. The van der Waals surface area contributed by atoms with Gasteiger partial charge < -0.3 is 19.1 Å². The molecule has 3 aliphatic heterocycles. The lowest BCUT2D eigenvalue weighted by atomic mass is 9.88. The minimum Gasteiger partial charge on any atom is -0.486 e. The highest BCUT2D eigenvalue weighted by Crippen LogP contribution is 2.36. The first-order valence-corrected chi connectivity index (χ1v) is 9.32. The van der Waals surface area contributed by atoms with Gasteiger partial charge in [-0.15, -0.1) is 0 Å². The van der Waals surface area contributed by atoms with Gasteiger partial charge in [-0.3, -0.25) is 4.98 Å². The molecule has 5 nitrogen and oxygen atoms in total. The Morgan fingerprint density at radius 3 is 3.08 bits per heavy atom. The fourth-order valence-electron chi connectivity index (χ4n) is 4.41. The molecule has 0 unspecified atom stereocenters. The molecule has 0 radical (unpaired) electrons. The Hall–Kier alpha value is -1.17. The van der Waals surface area contributed by atoms with E-state index in [9.17, 15) is 0 Å². The van der Waals surface area contributed by atoms with E-state index in [1.807, 2.05) is 12.1 Å². The smallest absolute Gasteiger partial charge is 0.138 e. The molecule has 1 aromatic rings. The summed E-state index contributed by atoms with van der Waals surface area (Å²) in [4.78, 5) is 6.74. The Balaban J connectivity index is 1.31. The predicted octanol–water partition coefficient (Wildman–Crippen LogP) is 2.51. The van der Waals surface area contributed by atoms with Gasteiger partial charge in [0.1, 0.15) is 11.9 Å². The Morgan fingerprint density at radius 1 is 1.33 bits per heavy atom. The first-order chi connectivity index (χ1) is 11.8. The summed E-state index contributed by atoms with van der Waals surface area (Å²) in [6.07, 6.45) is 9.49. The van der Waals surface area contributed by atoms with Crippen LogP contribution < -0.4 is 4.74 Å². The first-order valence-electron chi connectivity index (χ1n) is 9.32. The van der Waals surface area contributed by atoms with E-state index in [2.05, 4.69) is 9.88 Å². The molecular formula is C19H28N2O3. The number of hydrogen-bond acceptors (Lipinski definition) is 5. The number of rotatable bonds is 4. The van der Waals surface area contributed by atoms with Gasteiger partial charge in [0.25, 0.3) is 0 Å². The van der Waals surface area contributed by atoms with Crippen molar-refractivity contribution in [2.75, 3.05) is 39.5 Å². The van der Waals surface area contributed by atoms with Gasteiger partial charge in [-0.25, -0.2) is 0 Å². The first kappa shape index (κ1) is 16.3. The molecule has 0 aliphatic carbocycles. The molecule has 0 bridgehead atoms. The van der Waals surface area contributed by atoms with Crippen molar-refractivity contribution in [1.29, 1.82) is 0 Å². The SMILES string of the molecule is c1cncc(O[C@H]2CO[C@@]3(CCCN(CC4CCOCC4)C3)C2)c1. The van der Waals surface area contributed by atoms with Crippen LogP contribution in [0.5, 0.6) is 5.75 Å². The van der Waals surface area contributed by atoms with Gasteiger partial charge in [0.05, 0.1) is 18.4 Å². The van der Waals surface area contributed by atoms with Crippen LogP contribution in [0.15, 0.2) is 24.5 Å². The van der Waals surface area contributed by atoms with Crippen LogP contribution in [0.1, 0.15) is 32.1 Å². The Morgan fingerprint density at radius 2 is 2.25 bits per heavy atom. The maximum absolute atomic E-state index is 6.27. The van der Waals surface area contributed by atoms with Crippen molar-refractivity contribution in [1.82, 2.24) is 9.88 Å². The normalized spacial score (nSPS) is 32.2. The summed E-state index contributed by atoms with van der Waals surface area (Å²) in [5.41, 5.74) is -0.00368. The van der Waals surface area contributed by atoms with Crippen molar-refractivity contribution in [3.8, 4) is 5.75 Å². The van der Waals surface area contributed by atoms with Crippen LogP contribution in [0.3, 0.4) is 0 Å². The highest BCUT2D eigenvalue weighted by Gasteiger charge is 2.44. The zero-order valence-electron chi connectivity index (χ0n) is 14.4. The number of likely N-dealkylation sites (tertiary alicyclic amines) is 1. The molecule has 5 heteroatoms. The average Bonchev–Trinajstić information content (AvgIpc) is 2.98. The van der Waals surface area contributed by atoms with Crippen molar-refractivity contribution >= 4 is 0 Å². The Bertz CT molecular complexity index is 521. The van der Waals surface area contributed by atoms with Crippen LogP contribution in [0.2, 0.25) is 0 Å². The number of hydrogen-bond donors (Lipinski definition) is 0. The maximum Gasteiger partial charge on any atom is 0.138 e. The molecule has 3 saturated heterocycles. The number of piperidine rings is 1. The summed E-state index contributed by atoms with van der Waals surface area (Å²) in [7, 11) is 0. The third-order valence-corrected chi connectivity index (χ3v) is 5.59. The molecule has 3 fully saturated rings. The van der Waals surface area contributed by atoms with Gasteiger partial charge in [0.2, 0.25) is 0 Å². The molecule has 0 aromatic carbocycles. The highest BCUT2D eigenvalue weighted by atomic mass is 16.6. The molecule has 0 amide bonds. The summed E-state index contributed by atoms with van der Waals surface area (Å²) in [5, 5.41) is 0. The predicted molar refractivity (Wildman–Crippen MR) is 91.2 cm³/mol. The molecule has 4 rings (SSSR count). The van der Waals surface area contributed by atoms with Crippen LogP contribution in [0, 0.1) is 5.92 Å². The number of aromatic nitrogens is 1. The average molecular weight is 332 g/mol. The standard InChI is InChI=1S/C19H28N2O3/c1-3-17(12-20-7-1)24-18-11-19(23-14-18)6-2-8-21(15-19)13-16-4-9-22-10-5-16/h1,3,7,12,16,18H,2,4-6,8-11,13-15H2/t18-,19+/m1/s1. The minimum absolute atomic E-state index is 0.00368. The van der Waals surface area contributed by atoms with E-state index in [4.69, 9.17) is 14.2 Å². The molecule has 132 valence electrons. The van der Waals surface area contributed by atoms with E-state index in [0.29, 0.717) is 6.61 Å². The molecule has 24 heavy (non-hydrogen) atoms. The van der Waals surface area contributed by atoms with Crippen LogP contribution in [0.4, 0.5) is 0 Å². The van der Waals surface area contributed by atoms with Crippen molar-refractivity contribution < 1.29 is 14.2 Å². The number of nitrogens with zero attached hydrogens (tertiary/aromatic N) is 2. The van der Waals surface area contributed by atoms with E-state index in [1.165, 1.54) is 32.4 Å². The molecule has 1 aromatic heterocycles.